The van der Waals surface area contributed by atoms with Gasteiger partial charge >= 0.3 is 5.97 Å². The molecule has 0 aliphatic rings. The highest BCUT2D eigenvalue weighted by atomic mass is 16.5. The van der Waals surface area contributed by atoms with Gasteiger partial charge in [-0.3, -0.25) is 0 Å². The van der Waals surface area contributed by atoms with Crippen molar-refractivity contribution in [2.45, 2.75) is 91.1 Å². The van der Waals surface area contributed by atoms with Crippen LogP contribution in [0.3, 0.4) is 0 Å². The zero-order valence-electron chi connectivity index (χ0n) is 24.1. The predicted molar refractivity (Wildman–Crippen MR) is 161 cm³/mol. The monoisotopic (exact) mass is 530 g/mol. The number of unbranched alkanes of at least 4 members (excludes halogenated alkanes) is 9. The average Bonchev–Trinajstić information content (AvgIpc) is 2.97. The minimum absolute atomic E-state index is 0.00205. The Labute approximate surface area is 235 Å². The van der Waals surface area contributed by atoms with Crippen molar-refractivity contribution < 1.29 is 19.0 Å². The third-order valence-electron chi connectivity index (χ3n) is 7.05. The second-order valence-electron chi connectivity index (χ2n) is 10.2. The summed E-state index contributed by atoms with van der Waals surface area (Å²) in [6.45, 7) is 7.65. The van der Waals surface area contributed by atoms with Gasteiger partial charge in [-0.25, -0.2) is 4.79 Å². The van der Waals surface area contributed by atoms with E-state index in [2.05, 4.69) is 19.1 Å². The van der Waals surface area contributed by atoms with Gasteiger partial charge in [0.25, 0.3) is 0 Å². The molecule has 3 aromatic carbocycles. The summed E-state index contributed by atoms with van der Waals surface area (Å²) < 4.78 is 17.1. The molecule has 1 unspecified atom stereocenters. The van der Waals surface area contributed by atoms with Crippen LogP contribution >= 0.6 is 0 Å². The van der Waals surface area contributed by atoms with Crippen LogP contribution in [0.5, 0.6) is 11.5 Å². The number of hydrogen-bond acceptors (Lipinski definition) is 4. The van der Waals surface area contributed by atoms with Crippen molar-refractivity contribution in [3.63, 3.8) is 0 Å². The number of carbonyl (C=O) groups excluding carboxylic acids is 1. The normalized spacial score (nSPS) is 11.8. The Morgan fingerprint density at radius 2 is 1.15 bits per heavy atom. The molecule has 0 fully saturated rings. The van der Waals surface area contributed by atoms with E-state index in [9.17, 15) is 4.79 Å². The van der Waals surface area contributed by atoms with Gasteiger partial charge in [-0.15, -0.1) is 0 Å². The molecule has 0 N–H and O–H groups in total. The third-order valence-corrected chi connectivity index (χ3v) is 7.05. The van der Waals surface area contributed by atoms with E-state index < -0.39 is 0 Å². The molecule has 210 valence electrons. The summed E-state index contributed by atoms with van der Waals surface area (Å²) in [5.41, 5.74) is 3.70. The zero-order chi connectivity index (χ0) is 27.7. The molecule has 0 aromatic heterocycles. The van der Waals surface area contributed by atoms with Crippen molar-refractivity contribution in [2.75, 3.05) is 13.2 Å². The maximum absolute atomic E-state index is 12.6. The van der Waals surface area contributed by atoms with E-state index in [1.807, 2.05) is 62.4 Å². The number of ether oxygens (including phenoxy) is 3. The molecule has 39 heavy (non-hydrogen) atoms. The highest BCUT2D eigenvalue weighted by Gasteiger charge is 2.11. The molecule has 0 spiro atoms. The molecule has 0 saturated heterocycles. The SMILES string of the molecule is CCCCCCCCCCCCOc1ccc(-c2ccc(OC(=O)c3ccc(C(C)OCC)cc3)cc2)cc1. The van der Waals surface area contributed by atoms with Crippen LogP contribution in [0.2, 0.25) is 0 Å². The van der Waals surface area contributed by atoms with Crippen LogP contribution < -0.4 is 9.47 Å². The predicted octanol–water partition coefficient (Wildman–Crippen LogP) is 9.97. The highest BCUT2D eigenvalue weighted by Crippen LogP contribution is 2.25. The Balaban J connectivity index is 1.37. The Morgan fingerprint density at radius 3 is 1.69 bits per heavy atom. The summed E-state index contributed by atoms with van der Waals surface area (Å²) in [5, 5.41) is 0. The van der Waals surface area contributed by atoms with Gasteiger partial charge < -0.3 is 14.2 Å². The van der Waals surface area contributed by atoms with Crippen LogP contribution in [0, 0.1) is 0 Å². The van der Waals surface area contributed by atoms with E-state index in [1.54, 1.807) is 12.1 Å². The lowest BCUT2D eigenvalue weighted by atomic mass is 10.1. The smallest absolute Gasteiger partial charge is 0.343 e. The van der Waals surface area contributed by atoms with Gasteiger partial charge in [0.1, 0.15) is 11.5 Å². The first-order chi connectivity index (χ1) is 19.1. The van der Waals surface area contributed by atoms with Crippen molar-refractivity contribution in [3.8, 4) is 22.6 Å². The molecule has 0 radical (unpaired) electrons. The van der Waals surface area contributed by atoms with E-state index in [1.165, 1.54) is 57.8 Å². The lowest BCUT2D eigenvalue weighted by Crippen LogP contribution is -2.09. The standard InChI is InChI=1S/C35H46O4/c1-4-6-7-8-9-10-11-12-13-14-27-38-33-23-19-30(20-24-33)31-21-25-34(26-22-31)39-35(36)32-17-15-29(16-18-32)28(3)37-5-2/h15-26,28H,4-14,27H2,1-3H3. The molecule has 0 amide bonds. The first-order valence-electron chi connectivity index (χ1n) is 14.9. The van der Waals surface area contributed by atoms with E-state index in [0.717, 1.165) is 35.5 Å². The molecule has 0 heterocycles. The third kappa shape index (κ3) is 10.9. The summed E-state index contributed by atoms with van der Waals surface area (Å²) >= 11 is 0. The van der Waals surface area contributed by atoms with Gasteiger partial charge in [0.2, 0.25) is 0 Å². The second-order valence-corrected chi connectivity index (χ2v) is 10.2. The van der Waals surface area contributed by atoms with Crippen molar-refractivity contribution in [3.05, 3.63) is 83.9 Å². The minimum atomic E-state index is -0.373. The summed E-state index contributed by atoms with van der Waals surface area (Å²) in [6, 6.07) is 23.1. The van der Waals surface area contributed by atoms with Crippen molar-refractivity contribution >= 4 is 5.97 Å². The van der Waals surface area contributed by atoms with Gasteiger partial charge in [-0.1, -0.05) is 101 Å². The fourth-order valence-electron chi connectivity index (χ4n) is 4.64. The molecular weight excluding hydrogens is 484 g/mol. The Bertz CT molecular complexity index is 1070. The first kappa shape index (κ1) is 30.4. The van der Waals surface area contributed by atoms with Crippen LogP contribution in [0.25, 0.3) is 11.1 Å². The molecule has 3 rings (SSSR count). The second kappa shape index (κ2) is 17.5. The summed E-state index contributed by atoms with van der Waals surface area (Å²) in [5.74, 6) is 1.05. The molecule has 0 aliphatic carbocycles. The van der Waals surface area contributed by atoms with Crippen LogP contribution in [0.15, 0.2) is 72.8 Å². The number of carbonyl (C=O) groups is 1. The first-order valence-corrected chi connectivity index (χ1v) is 14.9. The average molecular weight is 531 g/mol. The van der Waals surface area contributed by atoms with E-state index >= 15 is 0 Å². The number of esters is 1. The Kier molecular flexibility index (Phi) is 13.6. The quantitative estimate of drug-likeness (QED) is 0.0932. The van der Waals surface area contributed by atoms with Crippen molar-refractivity contribution in [1.29, 1.82) is 0 Å². The highest BCUT2D eigenvalue weighted by molar-refractivity contribution is 5.91. The number of benzene rings is 3. The van der Waals surface area contributed by atoms with E-state index in [4.69, 9.17) is 14.2 Å². The summed E-state index contributed by atoms with van der Waals surface area (Å²) in [6.07, 6.45) is 13.3. The molecule has 3 aromatic rings. The topological polar surface area (TPSA) is 44.8 Å². The minimum Gasteiger partial charge on any atom is -0.494 e. The lowest BCUT2D eigenvalue weighted by Gasteiger charge is -2.12. The van der Waals surface area contributed by atoms with Crippen LogP contribution in [-0.4, -0.2) is 19.2 Å². The van der Waals surface area contributed by atoms with Gasteiger partial charge in [-0.2, -0.15) is 0 Å². The van der Waals surface area contributed by atoms with Crippen molar-refractivity contribution in [1.82, 2.24) is 0 Å². The number of hydrogen-bond donors (Lipinski definition) is 0. The molecular formula is C35H46O4. The maximum Gasteiger partial charge on any atom is 0.343 e. The molecule has 1 atom stereocenters. The summed E-state index contributed by atoms with van der Waals surface area (Å²) in [7, 11) is 0. The van der Waals surface area contributed by atoms with Crippen molar-refractivity contribution in [2.24, 2.45) is 0 Å². The van der Waals surface area contributed by atoms with Gasteiger partial charge in [0.05, 0.1) is 18.3 Å². The van der Waals surface area contributed by atoms with Crippen LogP contribution in [-0.2, 0) is 4.74 Å². The molecule has 0 aliphatic heterocycles. The number of rotatable bonds is 18. The maximum atomic E-state index is 12.6. The van der Waals surface area contributed by atoms with E-state index in [0.29, 0.717) is 17.9 Å². The fourth-order valence-corrected chi connectivity index (χ4v) is 4.64. The lowest BCUT2D eigenvalue weighted by molar-refractivity contribution is 0.0729. The Hall–Kier alpha value is -3.11. The van der Waals surface area contributed by atoms with Gasteiger partial charge in [0.15, 0.2) is 0 Å². The van der Waals surface area contributed by atoms with E-state index in [-0.39, 0.29) is 12.1 Å². The van der Waals surface area contributed by atoms with Gasteiger partial charge in [0, 0.05) is 6.61 Å². The largest absolute Gasteiger partial charge is 0.494 e. The molecule has 0 bridgehead atoms. The Morgan fingerprint density at radius 1 is 0.641 bits per heavy atom. The molecule has 0 saturated carbocycles. The van der Waals surface area contributed by atoms with Crippen LogP contribution in [0.1, 0.15) is 107 Å². The molecule has 4 heteroatoms. The zero-order valence-corrected chi connectivity index (χ0v) is 24.1. The molecule has 4 nitrogen and oxygen atoms in total. The van der Waals surface area contributed by atoms with Crippen LogP contribution in [0.4, 0.5) is 0 Å². The summed E-state index contributed by atoms with van der Waals surface area (Å²) in [4.78, 5) is 12.6. The van der Waals surface area contributed by atoms with Gasteiger partial charge in [-0.05, 0) is 73.4 Å². The fraction of sp³-hybridized carbons (Fsp3) is 0.457.